The van der Waals surface area contributed by atoms with Gasteiger partial charge in [0.2, 0.25) is 0 Å². The Labute approximate surface area is 165 Å². The number of carbonyl (C=O) groups excluding carboxylic acids is 1. The molecule has 0 aliphatic heterocycles. The lowest BCUT2D eigenvalue weighted by Gasteiger charge is -2.19. The van der Waals surface area contributed by atoms with Gasteiger partial charge in [-0.15, -0.1) is 11.8 Å². The number of aryl methyl sites for hydroxylation is 1. The fourth-order valence-electron chi connectivity index (χ4n) is 2.83. The van der Waals surface area contributed by atoms with Crippen LogP contribution in [0.3, 0.4) is 0 Å². The van der Waals surface area contributed by atoms with Crippen LogP contribution in [-0.4, -0.2) is 17.1 Å². The number of thioether (sulfide) groups is 1. The predicted molar refractivity (Wildman–Crippen MR) is 112 cm³/mol. The Kier molecular flexibility index (Phi) is 5.01. The molecule has 4 aromatic rings. The molecule has 0 unspecified atom stereocenters. The number of fused-ring (bicyclic) bond motifs is 1. The number of hydrogen-bond acceptors (Lipinski definition) is 5. The third-order valence-electron chi connectivity index (χ3n) is 4.22. The van der Waals surface area contributed by atoms with Crippen LogP contribution in [0.2, 0.25) is 0 Å². The molecule has 0 fully saturated rings. The molecule has 1 amide bonds. The average Bonchev–Trinajstić information content (AvgIpc) is 3.34. The molecule has 2 heterocycles. The van der Waals surface area contributed by atoms with Crippen molar-refractivity contribution < 1.29 is 9.21 Å². The summed E-state index contributed by atoms with van der Waals surface area (Å²) in [4.78, 5) is 20.8. The van der Waals surface area contributed by atoms with Crippen LogP contribution < -0.4 is 4.90 Å². The topological polar surface area (TPSA) is 46.3 Å². The number of thiazole rings is 1. The highest BCUT2D eigenvalue weighted by Gasteiger charge is 2.23. The molecule has 0 atom stereocenters. The molecule has 4 rings (SSSR count). The standard InChI is InChI=1S/C21H18N2O2S2/c1-14-8-9-18-19(11-14)27-21(22-18)23(13-16-6-4-10-25-16)20(24)15-5-3-7-17(12-15)26-2/h3-12H,13H2,1-2H3. The number of hydrogen-bond donors (Lipinski definition) is 0. The normalized spacial score (nSPS) is 11.0. The third-order valence-corrected chi connectivity index (χ3v) is 5.99. The summed E-state index contributed by atoms with van der Waals surface area (Å²) in [6, 6.07) is 17.5. The summed E-state index contributed by atoms with van der Waals surface area (Å²) in [5.74, 6) is 0.637. The number of anilines is 1. The van der Waals surface area contributed by atoms with E-state index >= 15 is 0 Å². The van der Waals surface area contributed by atoms with Gasteiger partial charge in [0.05, 0.1) is 23.0 Å². The van der Waals surface area contributed by atoms with Gasteiger partial charge in [0.1, 0.15) is 5.76 Å². The first-order valence-corrected chi connectivity index (χ1v) is 10.5. The Balaban J connectivity index is 1.76. The predicted octanol–water partition coefficient (Wildman–Crippen LogP) is 5.77. The Bertz CT molecular complexity index is 1090. The van der Waals surface area contributed by atoms with Crippen LogP contribution in [0.25, 0.3) is 10.2 Å². The first-order chi connectivity index (χ1) is 13.1. The van der Waals surface area contributed by atoms with Gasteiger partial charge in [-0.25, -0.2) is 4.98 Å². The van der Waals surface area contributed by atoms with E-state index < -0.39 is 0 Å². The summed E-state index contributed by atoms with van der Waals surface area (Å²) in [7, 11) is 0. The molecular formula is C21H18N2O2S2. The first-order valence-electron chi connectivity index (χ1n) is 8.49. The van der Waals surface area contributed by atoms with Gasteiger partial charge in [0, 0.05) is 10.5 Å². The molecule has 0 saturated heterocycles. The Hall–Kier alpha value is -2.57. The number of carbonyl (C=O) groups is 1. The van der Waals surface area contributed by atoms with E-state index in [2.05, 4.69) is 13.0 Å². The Morgan fingerprint density at radius 3 is 2.85 bits per heavy atom. The van der Waals surface area contributed by atoms with Gasteiger partial charge in [0.15, 0.2) is 5.13 Å². The maximum Gasteiger partial charge on any atom is 0.260 e. The minimum absolute atomic E-state index is 0.0851. The number of aromatic nitrogens is 1. The summed E-state index contributed by atoms with van der Waals surface area (Å²) in [5.41, 5.74) is 2.72. The lowest BCUT2D eigenvalue weighted by molar-refractivity contribution is 0.0983. The molecule has 0 saturated carbocycles. The van der Waals surface area contributed by atoms with Crippen LogP contribution in [0, 0.1) is 6.92 Å². The maximum absolute atomic E-state index is 13.3. The second-order valence-electron chi connectivity index (χ2n) is 6.17. The molecule has 0 radical (unpaired) electrons. The number of benzene rings is 2. The number of rotatable bonds is 5. The van der Waals surface area contributed by atoms with E-state index in [-0.39, 0.29) is 5.91 Å². The summed E-state index contributed by atoms with van der Waals surface area (Å²) in [6.07, 6.45) is 3.62. The van der Waals surface area contributed by atoms with Crippen molar-refractivity contribution in [3.05, 3.63) is 77.7 Å². The lowest BCUT2D eigenvalue weighted by Crippen LogP contribution is -2.30. The highest BCUT2D eigenvalue weighted by Crippen LogP contribution is 2.32. The zero-order valence-corrected chi connectivity index (χ0v) is 16.6. The molecular weight excluding hydrogens is 376 g/mol. The van der Waals surface area contributed by atoms with E-state index in [1.807, 2.05) is 54.8 Å². The molecule has 0 aliphatic rings. The third kappa shape index (κ3) is 3.77. The van der Waals surface area contributed by atoms with Crippen LogP contribution in [0.5, 0.6) is 0 Å². The average molecular weight is 395 g/mol. The van der Waals surface area contributed by atoms with E-state index in [4.69, 9.17) is 9.40 Å². The van der Waals surface area contributed by atoms with E-state index in [0.717, 1.165) is 20.9 Å². The van der Waals surface area contributed by atoms with E-state index in [1.165, 1.54) is 16.9 Å². The minimum atomic E-state index is -0.0851. The minimum Gasteiger partial charge on any atom is -0.467 e. The maximum atomic E-state index is 13.3. The van der Waals surface area contributed by atoms with E-state index in [9.17, 15) is 4.79 Å². The fraction of sp³-hybridized carbons (Fsp3) is 0.143. The van der Waals surface area contributed by atoms with Crippen molar-refractivity contribution in [1.29, 1.82) is 0 Å². The zero-order valence-electron chi connectivity index (χ0n) is 15.0. The number of nitrogens with zero attached hydrogens (tertiary/aromatic N) is 2. The molecule has 6 heteroatoms. The van der Waals surface area contributed by atoms with Crippen molar-refractivity contribution in [2.24, 2.45) is 0 Å². The molecule has 2 aromatic carbocycles. The van der Waals surface area contributed by atoms with E-state index in [0.29, 0.717) is 17.2 Å². The summed E-state index contributed by atoms with van der Waals surface area (Å²) < 4.78 is 6.56. The first kappa shape index (κ1) is 17.8. The van der Waals surface area contributed by atoms with Crippen molar-refractivity contribution in [3.8, 4) is 0 Å². The highest BCUT2D eigenvalue weighted by atomic mass is 32.2. The molecule has 0 aliphatic carbocycles. The zero-order chi connectivity index (χ0) is 18.8. The monoisotopic (exact) mass is 394 g/mol. The highest BCUT2D eigenvalue weighted by molar-refractivity contribution is 7.98. The van der Waals surface area contributed by atoms with Crippen LogP contribution in [0.4, 0.5) is 5.13 Å². The second-order valence-corrected chi connectivity index (χ2v) is 8.06. The SMILES string of the molecule is CSc1cccc(C(=O)N(Cc2ccco2)c2nc3ccc(C)cc3s2)c1. The number of furan rings is 1. The van der Waals surface area contributed by atoms with Crippen molar-refractivity contribution in [2.45, 2.75) is 18.4 Å². The molecule has 0 spiro atoms. The van der Waals surface area contributed by atoms with Crippen LogP contribution >= 0.6 is 23.1 Å². The lowest BCUT2D eigenvalue weighted by atomic mass is 10.2. The summed E-state index contributed by atoms with van der Waals surface area (Å²) >= 11 is 3.14. The number of amides is 1. The van der Waals surface area contributed by atoms with Crippen molar-refractivity contribution in [2.75, 3.05) is 11.2 Å². The summed E-state index contributed by atoms with van der Waals surface area (Å²) in [5, 5.41) is 0.673. The molecule has 0 N–H and O–H groups in total. The summed E-state index contributed by atoms with van der Waals surface area (Å²) in [6.45, 7) is 2.40. The van der Waals surface area contributed by atoms with E-state index in [1.54, 1.807) is 22.9 Å². The van der Waals surface area contributed by atoms with Crippen molar-refractivity contribution in [1.82, 2.24) is 4.98 Å². The molecule has 27 heavy (non-hydrogen) atoms. The van der Waals surface area contributed by atoms with Crippen molar-refractivity contribution >= 4 is 44.4 Å². The van der Waals surface area contributed by atoms with Gasteiger partial charge in [-0.3, -0.25) is 9.69 Å². The Morgan fingerprint density at radius 1 is 1.19 bits per heavy atom. The van der Waals surface area contributed by atoms with Gasteiger partial charge >= 0.3 is 0 Å². The van der Waals surface area contributed by atoms with Crippen molar-refractivity contribution in [3.63, 3.8) is 0 Å². The molecule has 4 nitrogen and oxygen atoms in total. The van der Waals surface area contributed by atoms with Gasteiger partial charge in [-0.05, 0) is 61.2 Å². The largest absolute Gasteiger partial charge is 0.467 e. The van der Waals surface area contributed by atoms with Crippen LogP contribution in [0.15, 0.2) is 70.2 Å². The van der Waals surface area contributed by atoms with Crippen LogP contribution in [-0.2, 0) is 6.54 Å². The molecule has 2 aromatic heterocycles. The van der Waals surface area contributed by atoms with Gasteiger partial charge in [-0.2, -0.15) is 0 Å². The van der Waals surface area contributed by atoms with Gasteiger partial charge in [-0.1, -0.05) is 23.5 Å². The molecule has 136 valence electrons. The quantitative estimate of drug-likeness (QED) is 0.403. The van der Waals surface area contributed by atoms with Gasteiger partial charge < -0.3 is 4.42 Å². The smallest absolute Gasteiger partial charge is 0.260 e. The van der Waals surface area contributed by atoms with Crippen LogP contribution in [0.1, 0.15) is 21.7 Å². The molecule has 0 bridgehead atoms. The fourth-order valence-corrected chi connectivity index (χ4v) is 4.35. The van der Waals surface area contributed by atoms with Gasteiger partial charge in [0.25, 0.3) is 5.91 Å². The Morgan fingerprint density at radius 2 is 2.07 bits per heavy atom. The second kappa shape index (κ2) is 7.58.